The molecule has 0 aliphatic rings. The number of hydrogen-bond donors (Lipinski definition) is 1. The lowest BCUT2D eigenvalue weighted by molar-refractivity contribution is -0.161. The van der Waals surface area contributed by atoms with Gasteiger partial charge in [-0.15, -0.1) is 0 Å². The van der Waals surface area contributed by atoms with Crippen LogP contribution in [0.3, 0.4) is 0 Å². The zero-order valence-corrected chi connectivity index (χ0v) is 10.4. The summed E-state index contributed by atoms with van der Waals surface area (Å²) in [4.78, 5) is 22.2. The van der Waals surface area contributed by atoms with Crippen molar-refractivity contribution in [3.05, 3.63) is 0 Å². The molecule has 0 aliphatic heterocycles. The second kappa shape index (κ2) is 4.64. The molecule has 0 heterocycles. The first-order valence-electron chi connectivity index (χ1n) is 5.00. The van der Waals surface area contributed by atoms with E-state index in [1.165, 1.54) is 0 Å². The molecule has 0 bridgehead atoms. The molecule has 88 valence electrons. The van der Waals surface area contributed by atoms with E-state index >= 15 is 0 Å². The van der Waals surface area contributed by atoms with Crippen molar-refractivity contribution in [2.75, 3.05) is 0 Å². The number of rotatable bonds is 3. The van der Waals surface area contributed by atoms with Crippen molar-refractivity contribution >= 4 is 12.4 Å². The van der Waals surface area contributed by atoms with Gasteiger partial charge in [-0.2, -0.15) is 0 Å². The summed E-state index contributed by atoms with van der Waals surface area (Å²) < 4.78 is 5.22. The van der Waals surface area contributed by atoms with Crippen molar-refractivity contribution in [3.8, 4) is 0 Å². The molecule has 0 saturated heterocycles. The Labute approximate surface area is 91.4 Å². The van der Waals surface area contributed by atoms with E-state index in [9.17, 15) is 9.59 Å². The molecule has 1 atom stereocenters. The second-order valence-corrected chi connectivity index (χ2v) is 5.62. The molecule has 0 saturated carbocycles. The Morgan fingerprint density at radius 3 is 1.93 bits per heavy atom. The van der Waals surface area contributed by atoms with Gasteiger partial charge in [0, 0.05) is 0 Å². The van der Waals surface area contributed by atoms with Gasteiger partial charge in [0.25, 0.3) is 0 Å². The number of amides is 1. The fourth-order valence-electron chi connectivity index (χ4n) is 1.10. The first-order valence-corrected chi connectivity index (χ1v) is 5.00. The molecule has 4 heteroatoms. The smallest absolute Gasteiger partial charge is 0.329 e. The van der Waals surface area contributed by atoms with E-state index in [0.717, 1.165) is 0 Å². The fourth-order valence-corrected chi connectivity index (χ4v) is 1.10. The average molecular weight is 215 g/mol. The highest BCUT2D eigenvalue weighted by atomic mass is 16.6. The predicted octanol–water partition coefficient (Wildman–Crippen LogP) is 1.49. The molecular formula is C11H21NO3. The summed E-state index contributed by atoms with van der Waals surface area (Å²) in [5.74, 6) is -0.401. The lowest BCUT2D eigenvalue weighted by atomic mass is 9.87. The molecule has 0 unspecified atom stereocenters. The number of esters is 1. The highest BCUT2D eigenvalue weighted by molar-refractivity contribution is 5.79. The van der Waals surface area contributed by atoms with Crippen LogP contribution in [-0.4, -0.2) is 24.0 Å². The predicted molar refractivity (Wildman–Crippen MR) is 58.3 cm³/mol. The maximum Gasteiger partial charge on any atom is 0.329 e. The Bertz CT molecular complexity index is 235. The Morgan fingerprint density at radius 2 is 1.67 bits per heavy atom. The van der Waals surface area contributed by atoms with Gasteiger partial charge >= 0.3 is 5.97 Å². The molecule has 15 heavy (non-hydrogen) atoms. The van der Waals surface area contributed by atoms with Crippen molar-refractivity contribution in [1.29, 1.82) is 0 Å². The maximum absolute atomic E-state index is 11.8. The van der Waals surface area contributed by atoms with Gasteiger partial charge in [0.15, 0.2) is 0 Å². The molecule has 0 spiro atoms. The summed E-state index contributed by atoms with van der Waals surface area (Å²) in [6, 6.07) is -0.616. The lowest BCUT2D eigenvalue weighted by Gasteiger charge is -2.31. The molecule has 0 aliphatic carbocycles. The number of hydrogen-bond acceptors (Lipinski definition) is 3. The van der Waals surface area contributed by atoms with Crippen molar-refractivity contribution in [3.63, 3.8) is 0 Å². The van der Waals surface area contributed by atoms with Crippen LogP contribution in [0.5, 0.6) is 0 Å². The first kappa shape index (κ1) is 13.9. The van der Waals surface area contributed by atoms with Crippen molar-refractivity contribution < 1.29 is 14.3 Å². The second-order valence-electron chi connectivity index (χ2n) is 5.62. The number of carbonyl (C=O) groups excluding carboxylic acids is 2. The zero-order valence-electron chi connectivity index (χ0n) is 10.4. The van der Waals surface area contributed by atoms with E-state index in [1.54, 1.807) is 20.8 Å². The van der Waals surface area contributed by atoms with Gasteiger partial charge < -0.3 is 10.1 Å². The fraction of sp³-hybridized carbons (Fsp3) is 0.818. The number of carbonyl (C=O) groups is 2. The van der Waals surface area contributed by atoms with E-state index in [1.807, 2.05) is 20.8 Å². The number of nitrogens with one attached hydrogen (secondary N) is 1. The van der Waals surface area contributed by atoms with Gasteiger partial charge in [-0.3, -0.25) is 4.79 Å². The highest BCUT2D eigenvalue weighted by Crippen LogP contribution is 2.22. The number of ether oxygens (including phenoxy) is 1. The maximum atomic E-state index is 11.8. The van der Waals surface area contributed by atoms with Gasteiger partial charge in [0.2, 0.25) is 6.41 Å². The lowest BCUT2D eigenvalue weighted by Crippen LogP contribution is -2.48. The van der Waals surface area contributed by atoms with Crippen LogP contribution in [0.4, 0.5) is 0 Å². The van der Waals surface area contributed by atoms with Crippen LogP contribution in [0.25, 0.3) is 0 Å². The standard InChI is InChI=1S/C11H21NO3/c1-10(2,3)8(12-7-13)9(14)15-11(4,5)6/h7-8H,1-6H3,(H,12,13)/t8-/m1/s1. The normalized spacial score (nSPS) is 14.3. The van der Waals surface area contributed by atoms with Crippen LogP contribution in [0.2, 0.25) is 0 Å². The molecule has 0 aromatic rings. The largest absolute Gasteiger partial charge is 0.458 e. The summed E-state index contributed by atoms with van der Waals surface area (Å²) in [5.41, 5.74) is -0.894. The Kier molecular flexibility index (Phi) is 4.31. The monoisotopic (exact) mass is 215 g/mol. The summed E-state index contributed by atoms with van der Waals surface area (Å²) in [6.45, 7) is 11.0. The summed E-state index contributed by atoms with van der Waals surface area (Å²) >= 11 is 0. The first-order chi connectivity index (χ1) is 6.58. The third kappa shape index (κ3) is 5.40. The molecule has 0 radical (unpaired) electrons. The van der Waals surface area contributed by atoms with Crippen molar-refractivity contribution in [2.45, 2.75) is 53.2 Å². The molecular weight excluding hydrogens is 194 g/mol. The van der Waals surface area contributed by atoms with Crippen LogP contribution in [0, 0.1) is 5.41 Å². The molecule has 0 aromatic carbocycles. The molecule has 1 amide bonds. The van der Waals surface area contributed by atoms with Crippen LogP contribution < -0.4 is 5.32 Å². The summed E-state index contributed by atoms with van der Waals surface area (Å²) in [5, 5.41) is 2.49. The topological polar surface area (TPSA) is 55.4 Å². The van der Waals surface area contributed by atoms with Crippen molar-refractivity contribution in [1.82, 2.24) is 5.32 Å². The highest BCUT2D eigenvalue weighted by Gasteiger charge is 2.34. The quantitative estimate of drug-likeness (QED) is 0.573. The average Bonchev–Trinajstić information content (AvgIpc) is 1.93. The van der Waals surface area contributed by atoms with E-state index in [-0.39, 0.29) is 5.41 Å². The van der Waals surface area contributed by atoms with Gasteiger partial charge in [-0.1, -0.05) is 20.8 Å². The SMILES string of the molecule is CC(C)(C)OC(=O)[C@@H](NC=O)C(C)(C)C. The van der Waals surface area contributed by atoms with E-state index in [4.69, 9.17) is 4.74 Å². The summed E-state index contributed by atoms with van der Waals surface area (Å²) in [7, 11) is 0. The Hall–Kier alpha value is -1.06. The van der Waals surface area contributed by atoms with Gasteiger partial charge in [-0.25, -0.2) is 4.79 Å². The summed E-state index contributed by atoms with van der Waals surface area (Å²) in [6.07, 6.45) is 0.528. The minimum atomic E-state index is -0.616. The van der Waals surface area contributed by atoms with Crippen LogP contribution in [0.15, 0.2) is 0 Å². The third-order valence-electron chi connectivity index (χ3n) is 1.74. The molecule has 0 aromatic heterocycles. The third-order valence-corrected chi connectivity index (χ3v) is 1.74. The van der Waals surface area contributed by atoms with Crippen LogP contribution >= 0.6 is 0 Å². The molecule has 0 fully saturated rings. The molecule has 4 nitrogen and oxygen atoms in total. The minimum absolute atomic E-state index is 0.358. The Balaban J connectivity index is 4.65. The van der Waals surface area contributed by atoms with E-state index in [0.29, 0.717) is 6.41 Å². The van der Waals surface area contributed by atoms with E-state index in [2.05, 4.69) is 5.32 Å². The van der Waals surface area contributed by atoms with E-state index < -0.39 is 17.6 Å². The van der Waals surface area contributed by atoms with Gasteiger partial charge in [0.1, 0.15) is 11.6 Å². The molecule has 0 rings (SSSR count). The Morgan fingerprint density at radius 1 is 1.20 bits per heavy atom. The zero-order chi connectivity index (χ0) is 12.3. The van der Waals surface area contributed by atoms with Gasteiger partial charge in [0.05, 0.1) is 0 Å². The minimum Gasteiger partial charge on any atom is -0.458 e. The molecule has 1 N–H and O–H groups in total. The van der Waals surface area contributed by atoms with Crippen LogP contribution in [0.1, 0.15) is 41.5 Å². The van der Waals surface area contributed by atoms with Gasteiger partial charge in [-0.05, 0) is 26.2 Å². The van der Waals surface area contributed by atoms with Crippen molar-refractivity contribution in [2.24, 2.45) is 5.41 Å². The van der Waals surface area contributed by atoms with Crippen LogP contribution in [-0.2, 0) is 14.3 Å².